The molecule has 0 atom stereocenters. The molecule has 0 bridgehead atoms. The number of rotatable bonds is 3. The van der Waals surface area contributed by atoms with Crippen LogP contribution in [0.4, 0.5) is 0 Å². The SMILES string of the molecule is CNCc1nn(-c2ccccc2)c(C)cc1=O. The van der Waals surface area contributed by atoms with Crippen molar-refractivity contribution in [2.45, 2.75) is 13.5 Å². The minimum Gasteiger partial charge on any atom is -0.314 e. The summed E-state index contributed by atoms with van der Waals surface area (Å²) in [5, 5.41) is 7.32. The van der Waals surface area contributed by atoms with Crippen molar-refractivity contribution in [3.63, 3.8) is 0 Å². The van der Waals surface area contributed by atoms with Gasteiger partial charge in [-0.2, -0.15) is 5.10 Å². The van der Waals surface area contributed by atoms with Crippen LogP contribution in [-0.2, 0) is 6.54 Å². The van der Waals surface area contributed by atoms with E-state index in [1.54, 1.807) is 17.8 Å². The quantitative estimate of drug-likeness (QED) is 0.862. The van der Waals surface area contributed by atoms with Gasteiger partial charge in [-0.05, 0) is 26.1 Å². The summed E-state index contributed by atoms with van der Waals surface area (Å²) in [6.07, 6.45) is 0. The second-order valence-corrected chi connectivity index (χ2v) is 3.87. The standard InChI is InChI=1S/C13H15N3O/c1-10-8-13(17)12(9-14-2)15-16(10)11-6-4-3-5-7-11/h3-8,14H,9H2,1-2H3. The predicted molar refractivity (Wildman–Crippen MR) is 67.3 cm³/mol. The third-order valence-corrected chi connectivity index (χ3v) is 2.52. The van der Waals surface area contributed by atoms with E-state index in [1.165, 1.54) is 0 Å². The van der Waals surface area contributed by atoms with Crippen LogP contribution < -0.4 is 10.7 Å². The topological polar surface area (TPSA) is 46.9 Å². The van der Waals surface area contributed by atoms with Gasteiger partial charge in [-0.25, -0.2) is 4.68 Å². The van der Waals surface area contributed by atoms with Crippen molar-refractivity contribution >= 4 is 0 Å². The average molecular weight is 229 g/mol. The first-order valence-corrected chi connectivity index (χ1v) is 5.52. The van der Waals surface area contributed by atoms with E-state index in [0.29, 0.717) is 12.2 Å². The first-order chi connectivity index (χ1) is 8.22. The molecule has 88 valence electrons. The number of benzene rings is 1. The Morgan fingerprint density at radius 2 is 2.00 bits per heavy atom. The summed E-state index contributed by atoms with van der Waals surface area (Å²) in [6, 6.07) is 11.4. The minimum absolute atomic E-state index is 0.0240. The molecule has 1 aromatic carbocycles. The molecule has 0 saturated carbocycles. The van der Waals surface area contributed by atoms with E-state index in [0.717, 1.165) is 11.4 Å². The first kappa shape index (κ1) is 11.5. The Morgan fingerprint density at radius 3 is 2.65 bits per heavy atom. The molecule has 0 aliphatic carbocycles. The fraction of sp³-hybridized carbons (Fsp3) is 0.231. The Hall–Kier alpha value is -1.94. The van der Waals surface area contributed by atoms with Crippen molar-refractivity contribution in [2.75, 3.05) is 7.05 Å². The van der Waals surface area contributed by atoms with Gasteiger partial charge < -0.3 is 5.32 Å². The largest absolute Gasteiger partial charge is 0.314 e. The van der Waals surface area contributed by atoms with Crippen molar-refractivity contribution in [3.05, 3.63) is 58.0 Å². The Balaban J connectivity index is 2.55. The van der Waals surface area contributed by atoms with Crippen LogP contribution in [0.5, 0.6) is 0 Å². The molecule has 1 N–H and O–H groups in total. The molecule has 1 heterocycles. The van der Waals surface area contributed by atoms with Crippen LogP contribution in [0.3, 0.4) is 0 Å². The Kier molecular flexibility index (Phi) is 3.35. The van der Waals surface area contributed by atoms with Gasteiger partial charge in [0.15, 0.2) is 0 Å². The third-order valence-electron chi connectivity index (χ3n) is 2.52. The lowest BCUT2D eigenvalue weighted by atomic mass is 10.3. The molecule has 1 aromatic heterocycles. The van der Waals surface area contributed by atoms with Gasteiger partial charge in [-0.3, -0.25) is 4.79 Å². The molecule has 17 heavy (non-hydrogen) atoms. The van der Waals surface area contributed by atoms with Gasteiger partial charge in [0.2, 0.25) is 5.43 Å². The number of aryl methyl sites for hydroxylation is 1. The van der Waals surface area contributed by atoms with E-state index in [4.69, 9.17) is 0 Å². The Labute approximate surface area is 99.9 Å². The Bertz CT molecular complexity index is 561. The van der Waals surface area contributed by atoms with Crippen molar-refractivity contribution in [2.24, 2.45) is 0 Å². The van der Waals surface area contributed by atoms with Crippen LogP contribution in [0.15, 0.2) is 41.2 Å². The highest BCUT2D eigenvalue weighted by molar-refractivity contribution is 5.32. The molecule has 0 saturated heterocycles. The van der Waals surface area contributed by atoms with Crippen LogP contribution in [0.1, 0.15) is 11.4 Å². The normalized spacial score (nSPS) is 10.5. The smallest absolute Gasteiger partial charge is 0.204 e. The highest BCUT2D eigenvalue weighted by Gasteiger charge is 2.06. The number of para-hydroxylation sites is 1. The van der Waals surface area contributed by atoms with Gasteiger partial charge in [0, 0.05) is 18.3 Å². The zero-order chi connectivity index (χ0) is 12.3. The molecule has 0 aliphatic heterocycles. The molecule has 0 spiro atoms. The van der Waals surface area contributed by atoms with Gasteiger partial charge in [0.1, 0.15) is 5.69 Å². The molecule has 2 rings (SSSR count). The lowest BCUT2D eigenvalue weighted by Gasteiger charge is -2.10. The highest BCUT2D eigenvalue weighted by atomic mass is 16.1. The van der Waals surface area contributed by atoms with Gasteiger partial charge in [-0.15, -0.1) is 0 Å². The first-order valence-electron chi connectivity index (χ1n) is 5.52. The maximum absolute atomic E-state index is 11.7. The summed E-state index contributed by atoms with van der Waals surface area (Å²) >= 11 is 0. The molecule has 0 unspecified atom stereocenters. The molecular formula is C13H15N3O. The number of nitrogens with zero attached hydrogens (tertiary/aromatic N) is 2. The van der Waals surface area contributed by atoms with Crippen LogP contribution in [0.25, 0.3) is 5.69 Å². The van der Waals surface area contributed by atoms with Gasteiger partial charge in [-0.1, -0.05) is 18.2 Å². The minimum atomic E-state index is -0.0240. The summed E-state index contributed by atoms with van der Waals surface area (Å²) < 4.78 is 1.79. The summed E-state index contributed by atoms with van der Waals surface area (Å²) in [6.45, 7) is 2.36. The number of nitrogens with one attached hydrogen (secondary N) is 1. The lowest BCUT2D eigenvalue weighted by Crippen LogP contribution is -2.22. The lowest BCUT2D eigenvalue weighted by molar-refractivity contribution is 0.704. The van der Waals surface area contributed by atoms with Crippen molar-refractivity contribution < 1.29 is 0 Å². The van der Waals surface area contributed by atoms with Gasteiger partial charge in [0.25, 0.3) is 0 Å². The fourth-order valence-electron chi connectivity index (χ4n) is 1.70. The summed E-state index contributed by atoms with van der Waals surface area (Å²) in [4.78, 5) is 11.7. The monoisotopic (exact) mass is 229 g/mol. The van der Waals surface area contributed by atoms with Crippen molar-refractivity contribution in [1.82, 2.24) is 15.1 Å². The summed E-state index contributed by atoms with van der Waals surface area (Å²) in [5.41, 5.74) is 2.30. The maximum atomic E-state index is 11.7. The van der Waals surface area contributed by atoms with Crippen molar-refractivity contribution in [1.29, 1.82) is 0 Å². The van der Waals surface area contributed by atoms with Gasteiger partial charge >= 0.3 is 0 Å². The van der Waals surface area contributed by atoms with Gasteiger partial charge in [0.05, 0.1) is 5.69 Å². The van der Waals surface area contributed by atoms with E-state index >= 15 is 0 Å². The fourth-order valence-corrected chi connectivity index (χ4v) is 1.70. The molecule has 4 heteroatoms. The Morgan fingerprint density at radius 1 is 1.29 bits per heavy atom. The van der Waals surface area contributed by atoms with Crippen LogP contribution in [-0.4, -0.2) is 16.8 Å². The molecule has 0 amide bonds. The third kappa shape index (κ3) is 2.42. The number of hydrogen-bond acceptors (Lipinski definition) is 3. The zero-order valence-electron chi connectivity index (χ0n) is 9.97. The van der Waals surface area contributed by atoms with Crippen LogP contribution in [0, 0.1) is 6.92 Å². The van der Waals surface area contributed by atoms with E-state index in [9.17, 15) is 4.79 Å². The predicted octanol–water partition coefficient (Wildman–Crippen LogP) is 1.26. The van der Waals surface area contributed by atoms with Crippen molar-refractivity contribution in [3.8, 4) is 5.69 Å². The number of hydrogen-bond donors (Lipinski definition) is 1. The van der Waals surface area contributed by atoms with Crippen LogP contribution in [0.2, 0.25) is 0 Å². The van der Waals surface area contributed by atoms with Crippen LogP contribution >= 0.6 is 0 Å². The molecule has 4 nitrogen and oxygen atoms in total. The molecule has 0 aliphatic rings. The second-order valence-electron chi connectivity index (χ2n) is 3.87. The molecular weight excluding hydrogens is 214 g/mol. The van der Waals surface area contributed by atoms with E-state index in [-0.39, 0.29) is 5.43 Å². The van der Waals surface area contributed by atoms with E-state index in [1.807, 2.05) is 37.3 Å². The summed E-state index contributed by atoms with van der Waals surface area (Å²) in [5.74, 6) is 0. The summed E-state index contributed by atoms with van der Waals surface area (Å²) in [7, 11) is 1.80. The average Bonchev–Trinajstić information content (AvgIpc) is 2.34. The maximum Gasteiger partial charge on any atom is 0.204 e. The molecule has 0 fully saturated rings. The zero-order valence-corrected chi connectivity index (χ0v) is 9.97. The molecule has 0 radical (unpaired) electrons. The molecule has 2 aromatic rings. The highest BCUT2D eigenvalue weighted by Crippen LogP contribution is 2.07. The van der Waals surface area contributed by atoms with E-state index < -0.39 is 0 Å². The van der Waals surface area contributed by atoms with E-state index in [2.05, 4.69) is 10.4 Å². The second kappa shape index (κ2) is 4.93. The number of aromatic nitrogens is 2.